The maximum absolute atomic E-state index is 10.8. The van der Waals surface area contributed by atoms with Gasteiger partial charge in [0.25, 0.3) is 0 Å². The first kappa shape index (κ1) is 12.9. The average molecular weight is 275 g/mol. The predicted molar refractivity (Wildman–Crippen MR) is 77.3 cm³/mol. The lowest BCUT2D eigenvalue weighted by Gasteiger charge is -2.55. The molecule has 0 spiro atoms. The highest BCUT2D eigenvalue weighted by Crippen LogP contribution is 2.56. The second-order valence-electron chi connectivity index (χ2n) is 7.72. The molecule has 1 heterocycles. The molecule has 4 saturated carbocycles. The molecular weight excluding hydrogens is 250 g/mol. The SMILES string of the molecule is O=C(O)CC1=CCN(CC2C3CC4CC(C3)CC2C4)C1. The van der Waals surface area contributed by atoms with Gasteiger partial charge in [0.05, 0.1) is 6.42 Å². The third kappa shape index (κ3) is 2.30. The largest absolute Gasteiger partial charge is 0.481 e. The van der Waals surface area contributed by atoms with Crippen LogP contribution in [0.2, 0.25) is 0 Å². The second-order valence-corrected chi connectivity index (χ2v) is 7.72. The highest BCUT2D eigenvalue weighted by molar-refractivity contribution is 5.70. The van der Waals surface area contributed by atoms with Crippen molar-refractivity contribution in [1.82, 2.24) is 4.90 Å². The van der Waals surface area contributed by atoms with E-state index >= 15 is 0 Å². The van der Waals surface area contributed by atoms with Crippen molar-refractivity contribution < 1.29 is 9.90 Å². The van der Waals surface area contributed by atoms with Crippen LogP contribution in [0, 0.1) is 29.6 Å². The molecule has 3 heteroatoms. The number of carboxylic acid groups (broad SMARTS) is 1. The molecule has 3 nitrogen and oxygen atoms in total. The molecule has 0 radical (unpaired) electrons. The van der Waals surface area contributed by atoms with E-state index in [0.717, 1.165) is 48.3 Å². The van der Waals surface area contributed by atoms with Gasteiger partial charge in [-0.15, -0.1) is 0 Å². The fraction of sp³-hybridized carbons (Fsp3) is 0.824. The molecule has 0 saturated heterocycles. The Balaban J connectivity index is 1.35. The molecule has 0 unspecified atom stereocenters. The van der Waals surface area contributed by atoms with E-state index in [0.29, 0.717) is 0 Å². The van der Waals surface area contributed by atoms with E-state index in [1.54, 1.807) is 0 Å². The van der Waals surface area contributed by atoms with Gasteiger partial charge >= 0.3 is 5.97 Å². The molecule has 0 amide bonds. The maximum atomic E-state index is 10.8. The molecule has 110 valence electrons. The zero-order chi connectivity index (χ0) is 13.7. The van der Waals surface area contributed by atoms with Gasteiger partial charge in [0.1, 0.15) is 0 Å². The van der Waals surface area contributed by atoms with Crippen LogP contribution in [0.5, 0.6) is 0 Å². The molecule has 0 aromatic carbocycles. The lowest BCUT2D eigenvalue weighted by atomic mass is 9.52. The molecule has 20 heavy (non-hydrogen) atoms. The van der Waals surface area contributed by atoms with Crippen LogP contribution in [0.4, 0.5) is 0 Å². The summed E-state index contributed by atoms with van der Waals surface area (Å²) in [6.07, 6.45) is 9.85. The summed E-state index contributed by atoms with van der Waals surface area (Å²) in [5.74, 6) is 4.28. The van der Waals surface area contributed by atoms with E-state index in [2.05, 4.69) is 11.0 Å². The van der Waals surface area contributed by atoms with Crippen molar-refractivity contribution in [2.45, 2.75) is 38.5 Å². The Hall–Kier alpha value is -0.830. The Kier molecular flexibility index (Phi) is 3.13. The lowest BCUT2D eigenvalue weighted by Crippen LogP contribution is -2.48. The van der Waals surface area contributed by atoms with Crippen molar-refractivity contribution in [3.63, 3.8) is 0 Å². The topological polar surface area (TPSA) is 40.5 Å². The second kappa shape index (κ2) is 4.87. The molecule has 0 atom stereocenters. The van der Waals surface area contributed by atoms with Gasteiger partial charge < -0.3 is 5.11 Å². The minimum absolute atomic E-state index is 0.234. The molecule has 1 N–H and O–H groups in total. The quantitative estimate of drug-likeness (QED) is 0.802. The molecule has 5 rings (SSSR count). The monoisotopic (exact) mass is 275 g/mol. The summed E-state index contributed by atoms with van der Waals surface area (Å²) in [6, 6.07) is 0. The van der Waals surface area contributed by atoms with Crippen LogP contribution in [-0.4, -0.2) is 35.6 Å². The molecule has 4 bridgehead atoms. The summed E-state index contributed by atoms with van der Waals surface area (Å²) in [4.78, 5) is 13.3. The summed E-state index contributed by atoms with van der Waals surface area (Å²) in [7, 11) is 0. The van der Waals surface area contributed by atoms with Crippen molar-refractivity contribution in [2.24, 2.45) is 29.6 Å². The minimum Gasteiger partial charge on any atom is -0.481 e. The smallest absolute Gasteiger partial charge is 0.307 e. The third-order valence-corrected chi connectivity index (χ3v) is 6.33. The number of carboxylic acids is 1. The van der Waals surface area contributed by atoms with Gasteiger partial charge in [-0.2, -0.15) is 0 Å². The van der Waals surface area contributed by atoms with Crippen LogP contribution >= 0.6 is 0 Å². The zero-order valence-electron chi connectivity index (χ0n) is 12.1. The van der Waals surface area contributed by atoms with E-state index in [4.69, 9.17) is 5.11 Å². The number of aliphatic carboxylic acids is 1. The van der Waals surface area contributed by atoms with Gasteiger partial charge in [-0.3, -0.25) is 9.69 Å². The van der Waals surface area contributed by atoms with E-state index in [1.165, 1.54) is 38.6 Å². The van der Waals surface area contributed by atoms with Crippen molar-refractivity contribution in [3.8, 4) is 0 Å². The normalized spacial score (nSPS) is 43.0. The Bertz CT molecular complexity index is 414. The average Bonchev–Trinajstić information content (AvgIpc) is 2.79. The summed E-state index contributed by atoms with van der Waals surface area (Å²) in [5.41, 5.74) is 1.11. The van der Waals surface area contributed by atoms with Crippen molar-refractivity contribution in [2.75, 3.05) is 19.6 Å². The lowest BCUT2D eigenvalue weighted by molar-refractivity contribution is -0.136. The van der Waals surface area contributed by atoms with Crippen LogP contribution in [0.15, 0.2) is 11.6 Å². The van der Waals surface area contributed by atoms with Crippen molar-refractivity contribution in [1.29, 1.82) is 0 Å². The zero-order valence-corrected chi connectivity index (χ0v) is 12.1. The Morgan fingerprint density at radius 3 is 2.40 bits per heavy atom. The molecule has 1 aliphatic heterocycles. The first-order valence-electron chi connectivity index (χ1n) is 8.29. The fourth-order valence-corrected chi connectivity index (χ4v) is 5.77. The first-order valence-corrected chi connectivity index (χ1v) is 8.29. The van der Waals surface area contributed by atoms with Crippen LogP contribution in [0.3, 0.4) is 0 Å². The van der Waals surface area contributed by atoms with Crippen molar-refractivity contribution in [3.05, 3.63) is 11.6 Å². The number of hydrogen-bond acceptors (Lipinski definition) is 2. The number of nitrogens with zero attached hydrogens (tertiary/aromatic N) is 1. The molecule has 4 fully saturated rings. The molecular formula is C17H25NO2. The third-order valence-electron chi connectivity index (χ3n) is 6.33. The minimum atomic E-state index is -0.687. The standard InChI is InChI=1S/C17H25NO2/c19-17(20)8-11-1-2-18(9-11)10-16-14-4-12-3-13(6-14)7-15(16)5-12/h1,12-16H,2-10H2,(H,19,20). The summed E-state index contributed by atoms with van der Waals surface area (Å²) >= 11 is 0. The Labute approximate surface area is 121 Å². The van der Waals surface area contributed by atoms with E-state index in [-0.39, 0.29) is 6.42 Å². The van der Waals surface area contributed by atoms with Gasteiger partial charge in [-0.1, -0.05) is 6.08 Å². The number of hydrogen-bond donors (Lipinski definition) is 1. The Morgan fingerprint density at radius 1 is 1.15 bits per heavy atom. The molecule has 4 aliphatic carbocycles. The summed E-state index contributed by atoms with van der Waals surface area (Å²) < 4.78 is 0. The number of carbonyl (C=O) groups is 1. The highest BCUT2D eigenvalue weighted by atomic mass is 16.4. The van der Waals surface area contributed by atoms with Gasteiger partial charge in [0, 0.05) is 19.6 Å². The maximum Gasteiger partial charge on any atom is 0.307 e. The predicted octanol–water partition coefficient (Wildman–Crippen LogP) is 2.78. The fourth-order valence-electron chi connectivity index (χ4n) is 5.77. The van der Waals surface area contributed by atoms with Crippen LogP contribution in [-0.2, 0) is 4.79 Å². The van der Waals surface area contributed by atoms with Gasteiger partial charge in [0.2, 0.25) is 0 Å². The Morgan fingerprint density at radius 2 is 1.80 bits per heavy atom. The highest BCUT2D eigenvalue weighted by Gasteiger charge is 2.48. The summed E-state index contributed by atoms with van der Waals surface area (Å²) in [5, 5.41) is 8.89. The van der Waals surface area contributed by atoms with Crippen LogP contribution in [0.25, 0.3) is 0 Å². The van der Waals surface area contributed by atoms with Gasteiger partial charge in [0.15, 0.2) is 0 Å². The summed E-state index contributed by atoms with van der Waals surface area (Å²) in [6.45, 7) is 3.09. The van der Waals surface area contributed by atoms with E-state index < -0.39 is 5.97 Å². The van der Waals surface area contributed by atoms with Gasteiger partial charge in [-0.25, -0.2) is 0 Å². The van der Waals surface area contributed by atoms with E-state index in [1.807, 2.05) is 0 Å². The van der Waals surface area contributed by atoms with E-state index in [9.17, 15) is 4.79 Å². The molecule has 0 aromatic rings. The number of rotatable bonds is 4. The van der Waals surface area contributed by atoms with Crippen LogP contribution < -0.4 is 0 Å². The molecule has 0 aromatic heterocycles. The van der Waals surface area contributed by atoms with Gasteiger partial charge in [-0.05, 0) is 67.3 Å². The molecule has 5 aliphatic rings. The van der Waals surface area contributed by atoms with Crippen molar-refractivity contribution >= 4 is 5.97 Å². The van der Waals surface area contributed by atoms with Crippen LogP contribution in [0.1, 0.15) is 38.5 Å². The first-order chi connectivity index (χ1) is 9.67.